The molecule has 3 rings (SSSR count). The van der Waals surface area contributed by atoms with Gasteiger partial charge in [-0.05, 0) is 57.4 Å². The number of fused-ring (bicyclic) bond motifs is 2. The van der Waals surface area contributed by atoms with Crippen molar-refractivity contribution in [2.75, 3.05) is 7.05 Å². The van der Waals surface area contributed by atoms with Crippen LogP contribution in [-0.4, -0.2) is 38.5 Å². The summed E-state index contributed by atoms with van der Waals surface area (Å²) in [4.78, 5) is 2.59. The lowest BCUT2D eigenvalue weighted by Crippen LogP contribution is -2.47. The van der Waals surface area contributed by atoms with Crippen LogP contribution in [0.4, 0.5) is 0 Å². The number of piperidine rings is 1. The number of hydrogen-bond acceptors (Lipinski definition) is 2. The molecule has 2 bridgehead atoms. The molecule has 0 saturated carbocycles. The van der Waals surface area contributed by atoms with Crippen LogP contribution in [0.5, 0.6) is 0 Å². The molecular weight excluding hydrogens is 262 g/mol. The van der Waals surface area contributed by atoms with Gasteiger partial charge in [0, 0.05) is 18.2 Å². The first-order valence-corrected chi connectivity index (χ1v) is 11.1. The fourth-order valence-electron chi connectivity index (χ4n) is 4.04. The molecule has 2 unspecified atom stereocenters. The van der Waals surface area contributed by atoms with Crippen LogP contribution in [0.15, 0.2) is 30.3 Å². The number of benzene rings is 1. The average Bonchev–Trinajstić information content (AvgIpc) is 2.62. The van der Waals surface area contributed by atoms with Crippen LogP contribution >= 0.6 is 0 Å². The first kappa shape index (κ1) is 14.3. The quantitative estimate of drug-likeness (QED) is 0.785. The molecule has 0 radical (unpaired) electrons. The molecule has 0 amide bonds. The Hall–Kier alpha value is -0.643. The van der Waals surface area contributed by atoms with Gasteiger partial charge in [-0.15, -0.1) is 0 Å². The van der Waals surface area contributed by atoms with Crippen molar-refractivity contribution in [1.82, 2.24) is 4.90 Å². The van der Waals surface area contributed by atoms with Gasteiger partial charge < -0.3 is 9.33 Å². The number of nitrogens with zero attached hydrogens (tertiary/aromatic N) is 1. The largest absolute Gasteiger partial charge is 0.414 e. The highest BCUT2D eigenvalue weighted by Crippen LogP contribution is 2.36. The average molecular weight is 289 g/mol. The van der Waals surface area contributed by atoms with Crippen molar-refractivity contribution in [3.05, 3.63) is 35.9 Å². The lowest BCUT2D eigenvalue weighted by atomic mass is 10.0. The van der Waals surface area contributed by atoms with Gasteiger partial charge in [0.05, 0.1) is 0 Å². The van der Waals surface area contributed by atoms with Crippen LogP contribution in [0, 0.1) is 0 Å². The van der Waals surface area contributed by atoms with Gasteiger partial charge in [-0.2, -0.15) is 0 Å². The van der Waals surface area contributed by atoms with Crippen LogP contribution in [0.1, 0.15) is 31.2 Å². The molecule has 1 aromatic rings. The van der Waals surface area contributed by atoms with Gasteiger partial charge in [0.25, 0.3) is 0 Å². The van der Waals surface area contributed by atoms with Gasteiger partial charge in [0.1, 0.15) is 0 Å². The number of hydrogen-bond donors (Lipinski definition) is 0. The molecule has 2 nitrogen and oxygen atoms in total. The predicted octanol–water partition coefficient (Wildman–Crippen LogP) is 3.62. The third-order valence-corrected chi connectivity index (χ3v) is 7.24. The Bertz CT molecular complexity index is 434. The second-order valence-electron chi connectivity index (χ2n) is 7.18. The van der Waals surface area contributed by atoms with E-state index in [-0.39, 0.29) is 0 Å². The molecule has 0 spiro atoms. The SMILES string of the molecule is CN1C2CCC1CC(O[Si](C)(C)Cc1ccccc1)C2. The molecule has 2 atom stereocenters. The van der Waals surface area contributed by atoms with E-state index in [1.54, 1.807) is 0 Å². The van der Waals surface area contributed by atoms with Crippen molar-refractivity contribution >= 4 is 8.32 Å². The summed E-state index contributed by atoms with van der Waals surface area (Å²) < 4.78 is 6.62. The van der Waals surface area contributed by atoms with E-state index in [0.29, 0.717) is 6.10 Å². The highest BCUT2D eigenvalue weighted by molar-refractivity contribution is 6.70. The highest BCUT2D eigenvalue weighted by Gasteiger charge is 2.40. The first-order valence-electron chi connectivity index (χ1n) is 7.97. The van der Waals surface area contributed by atoms with E-state index in [1.807, 2.05) is 0 Å². The van der Waals surface area contributed by atoms with E-state index in [9.17, 15) is 0 Å². The summed E-state index contributed by atoms with van der Waals surface area (Å²) in [6.45, 7) is 4.75. The van der Waals surface area contributed by atoms with Crippen molar-refractivity contribution in [3.63, 3.8) is 0 Å². The second-order valence-corrected chi connectivity index (χ2v) is 11.3. The third kappa shape index (κ3) is 3.16. The van der Waals surface area contributed by atoms with Gasteiger partial charge in [-0.1, -0.05) is 30.3 Å². The topological polar surface area (TPSA) is 12.5 Å². The van der Waals surface area contributed by atoms with Crippen molar-refractivity contribution in [2.24, 2.45) is 0 Å². The molecule has 2 fully saturated rings. The van der Waals surface area contributed by atoms with Crippen molar-refractivity contribution in [3.8, 4) is 0 Å². The summed E-state index contributed by atoms with van der Waals surface area (Å²) in [5.74, 6) is 0. The third-order valence-electron chi connectivity index (χ3n) is 5.01. The minimum absolute atomic E-state index is 0.508. The van der Waals surface area contributed by atoms with Gasteiger partial charge in [-0.25, -0.2) is 0 Å². The van der Waals surface area contributed by atoms with E-state index in [0.717, 1.165) is 18.1 Å². The monoisotopic (exact) mass is 289 g/mol. The van der Waals surface area contributed by atoms with Crippen LogP contribution in [0.3, 0.4) is 0 Å². The Morgan fingerprint density at radius 3 is 2.30 bits per heavy atom. The van der Waals surface area contributed by atoms with Gasteiger partial charge in [0.15, 0.2) is 8.32 Å². The van der Waals surface area contributed by atoms with Crippen molar-refractivity contribution in [2.45, 2.75) is 63.0 Å². The maximum Gasteiger partial charge on any atom is 0.191 e. The minimum atomic E-state index is -1.60. The van der Waals surface area contributed by atoms with Crippen LogP contribution in [0.25, 0.3) is 0 Å². The molecular formula is C17H27NOSi. The molecule has 0 aromatic heterocycles. The molecule has 0 N–H and O–H groups in total. The lowest BCUT2D eigenvalue weighted by molar-refractivity contribution is 0.0605. The predicted molar refractivity (Wildman–Crippen MR) is 86.3 cm³/mol. The summed E-state index contributed by atoms with van der Waals surface area (Å²) in [6, 6.07) is 13.5. The van der Waals surface area contributed by atoms with E-state index in [1.165, 1.54) is 31.2 Å². The zero-order chi connectivity index (χ0) is 14.2. The maximum absolute atomic E-state index is 6.62. The maximum atomic E-state index is 6.62. The van der Waals surface area contributed by atoms with Crippen LogP contribution < -0.4 is 0 Å². The summed E-state index contributed by atoms with van der Waals surface area (Å²) in [6.07, 6.45) is 5.76. The van der Waals surface area contributed by atoms with Crippen molar-refractivity contribution < 1.29 is 4.43 Å². The van der Waals surface area contributed by atoms with E-state index in [4.69, 9.17) is 4.43 Å². The smallest absolute Gasteiger partial charge is 0.191 e. The summed E-state index contributed by atoms with van der Waals surface area (Å²) in [7, 11) is 0.693. The normalized spacial score (nSPS) is 30.6. The number of rotatable bonds is 4. The molecule has 110 valence electrons. The standard InChI is InChI=1S/C17H27NOSi/c1-18-15-9-10-16(18)12-17(11-15)19-20(2,3)13-14-7-5-4-6-8-14/h4-8,15-17H,9-13H2,1-3H3. The van der Waals surface area contributed by atoms with Gasteiger partial charge in [0.2, 0.25) is 0 Å². The molecule has 20 heavy (non-hydrogen) atoms. The Balaban J connectivity index is 1.59. The van der Waals surface area contributed by atoms with E-state index >= 15 is 0 Å². The molecule has 0 aliphatic carbocycles. The Morgan fingerprint density at radius 1 is 1.10 bits per heavy atom. The zero-order valence-electron chi connectivity index (χ0n) is 13.0. The molecule has 2 heterocycles. The summed E-state index contributed by atoms with van der Waals surface area (Å²) >= 11 is 0. The van der Waals surface area contributed by atoms with E-state index in [2.05, 4.69) is 55.4 Å². The molecule has 2 aliphatic heterocycles. The Kier molecular flexibility index (Phi) is 4.02. The zero-order valence-corrected chi connectivity index (χ0v) is 14.0. The van der Waals surface area contributed by atoms with Crippen LogP contribution in [-0.2, 0) is 10.5 Å². The van der Waals surface area contributed by atoms with Crippen molar-refractivity contribution in [1.29, 1.82) is 0 Å². The highest BCUT2D eigenvalue weighted by atomic mass is 28.4. The molecule has 1 aromatic carbocycles. The second kappa shape index (κ2) is 5.62. The fraction of sp³-hybridized carbons (Fsp3) is 0.647. The summed E-state index contributed by atoms with van der Waals surface area (Å²) in [5.41, 5.74) is 1.43. The molecule has 3 heteroatoms. The van der Waals surface area contributed by atoms with Gasteiger partial charge in [-0.3, -0.25) is 0 Å². The fourth-order valence-corrected chi connectivity index (χ4v) is 6.44. The summed E-state index contributed by atoms with van der Waals surface area (Å²) in [5, 5.41) is 0. The molecule has 2 saturated heterocycles. The van der Waals surface area contributed by atoms with Gasteiger partial charge >= 0.3 is 0 Å². The lowest BCUT2D eigenvalue weighted by Gasteiger charge is -2.39. The molecule has 2 aliphatic rings. The van der Waals surface area contributed by atoms with E-state index < -0.39 is 8.32 Å². The first-order chi connectivity index (χ1) is 9.53. The Morgan fingerprint density at radius 2 is 1.70 bits per heavy atom. The minimum Gasteiger partial charge on any atom is -0.414 e. The van der Waals surface area contributed by atoms with Crippen LogP contribution in [0.2, 0.25) is 13.1 Å². The Labute approximate surface area is 124 Å².